The van der Waals surface area contributed by atoms with E-state index in [9.17, 15) is 18.8 Å². The highest BCUT2D eigenvalue weighted by atomic mass is 32.2. The van der Waals surface area contributed by atoms with Gasteiger partial charge in [-0.25, -0.2) is 4.39 Å². The average molecular weight is 417 g/mol. The number of rotatable bonds is 7. The lowest BCUT2D eigenvalue weighted by Crippen LogP contribution is -2.35. The molecular weight excluding hydrogens is 391 g/mol. The van der Waals surface area contributed by atoms with Crippen molar-refractivity contribution in [3.63, 3.8) is 0 Å². The Balaban J connectivity index is 2.03. The zero-order valence-electron chi connectivity index (χ0n) is 16.9. The molecule has 0 saturated heterocycles. The average Bonchev–Trinajstić information content (AvgIpc) is 2.67. The fraction of sp³-hybridized carbons (Fsp3) is 0.318. The summed E-state index contributed by atoms with van der Waals surface area (Å²) in [7, 11) is 0. The molecule has 0 aliphatic rings. The van der Waals surface area contributed by atoms with Crippen molar-refractivity contribution in [2.75, 3.05) is 11.9 Å². The summed E-state index contributed by atoms with van der Waals surface area (Å²) in [5.41, 5.74) is 0.366. The number of amides is 2. The lowest BCUT2D eigenvalue weighted by atomic mass is 9.91. The number of carbonyl (C=O) groups excluding carboxylic acids is 3. The first-order valence-electron chi connectivity index (χ1n) is 9.21. The van der Waals surface area contributed by atoms with Gasteiger partial charge in [0.05, 0.1) is 17.4 Å². The summed E-state index contributed by atoms with van der Waals surface area (Å²) in [5, 5.41) is 4.88. The van der Waals surface area contributed by atoms with Crippen LogP contribution >= 0.6 is 11.8 Å². The summed E-state index contributed by atoms with van der Waals surface area (Å²) in [6.07, 6.45) is 0. The van der Waals surface area contributed by atoms with Gasteiger partial charge in [0, 0.05) is 16.0 Å². The topological polar surface area (TPSA) is 75.3 Å². The molecule has 5 nitrogen and oxygen atoms in total. The van der Waals surface area contributed by atoms with E-state index in [1.165, 1.54) is 36.0 Å². The van der Waals surface area contributed by atoms with E-state index in [0.717, 1.165) is 0 Å². The summed E-state index contributed by atoms with van der Waals surface area (Å²) < 4.78 is 13.0. The van der Waals surface area contributed by atoms with Crippen LogP contribution in [0.3, 0.4) is 0 Å². The van der Waals surface area contributed by atoms with E-state index in [2.05, 4.69) is 10.6 Å². The third-order valence-corrected chi connectivity index (χ3v) is 5.34. The molecule has 0 heterocycles. The van der Waals surface area contributed by atoms with Crippen LogP contribution in [0.15, 0.2) is 53.4 Å². The number of anilines is 1. The zero-order valence-corrected chi connectivity index (χ0v) is 17.7. The van der Waals surface area contributed by atoms with Gasteiger partial charge in [0.25, 0.3) is 5.91 Å². The van der Waals surface area contributed by atoms with E-state index in [1.54, 1.807) is 52.0 Å². The summed E-state index contributed by atoms with van der Waals surface area (Å²) in [6.45, 7) is 7.06. The first-order chi connectivity index (χ1) is 13.6. The van der Waals surface area contributed by atoms with Crippen LogP contribution in [0.1, 0.15) is 38.1 Å². The summed E-state index contributed by atoms with van der Waals surface area (Å²) in [5.74, 6) is -1.07. The second kappa shape index (κ2) is 9.69. The number of nitrogens with one attached hydrogen (secondary N) is 2. The summed E-state index contributed by atoms with van der Waals surface area (Å²) in [6, 6.07) is 12.4. The third-order valence-electron chi connectivity index (χ3n) is 4.16. The number of carbonyl (C=O) groups is 3. The molecule has 2 rings (SSSR count). The molecule has 0 radical (unpaired) electrons. The number of halogens is 1. The molecule has 0 saturated carbocycles. The smallest absolute Gasteiger partial charge is 0.252 e. The molecule has 7 heteroatoms. The molecule has 1 atom stereocenters. The van der Waals surface area contributed by atoms with Crippen LogP contribution in [0.25, 0.3) is 0 Å². The fourth-order valence-corrected chi connectivity index (χ4v) is 3.29. The van der Waals surface area contributed by atoms with Crippen molar-refractivity contribution in [1.82, 2.24) is 5.32 Å². The number of ketones is 1. The molecule has 2 N–H and O–H groups in total. The number of hydrogen-bond acceptors (Lipinski definition) is 4. The molecule has 29 heavy (non-hydrogen) atoms. The van der Waals surface area contributed by atoms with Crippen LogP contribution < -0.4 is 10.6 Å². The van der Waals surface area contributed by atoms with Gasteiger partial charge in [-0.3, -0.25) is 14.4 Å². The van der Waals surface area contributed by atoms with Crippen molar-refractivity contribution in [3.05, 3.63) is 59.9 Å². The minimum atomic E-state index is -0.533. The lowest BCUT2D eigenvalue weighted by Gasteiger charge is -2.18. The van der Waals surface area contributed by atoms with E-state index in [-0.39, 0.29) is 30.0 Å². The van der Waals surface area contributed by atoms with E-state index in [1.807, 2.05) is 0 Å². The van der Waals surface area contributed by atoms with E-state index in [4.69, 9.17) is 0 Å². The Kier molecular flexibility index (Phi) is 7.56. The predicted octanol–water partition coefficient (Wildman–Crippen LogP) is 4.29. The molecule has 2 aromatic carbocycles. The Morgan fingerprint density at radius 1 is 1.03 bits per heavy atom. The first-order valence-corrected chi connectivity index (χ1v) is 10.1. The SMILES string of the molecule is CC(Sc1ccccc1C(=O)NCC(=O)C(C)(C)C)C(=O)Nc1ccc(F)cc1. The number of benzene rings is 2. The summed E-state index contributed by atoms with van der Waals surface area (Å²) in [4.78, 5) is 37.7. The zero-order chi connectivity index (χ0) is 21.6. The minimum absolute atomic E-state index is 0.0536. The van der Waals surface area contributed by atoms with Gasteiger partial charge in [-0.15, -0.1) is 11.8 Å². The maximum Gasteiger partial charge on any atom is 0.252 e. The largest absolute Gasteiger partial charge is 0.345 e. The summed E-state index contributed by atoms with van der Waals surface area (Å²) >= 11 is 1.24. The normalized spacial score (nSPS) is 12.2. The first kappa shape index (κ1) is 22.6. The van der Waals surface area contributed by atoms with Gasteiger partial charge in [0.1, 0.15) is 5.82 Å². The monoisotopic (exact) mass is 416 g/mol. The highest BCUT2D eigenvalue weighted by molar-refractivity contribution is 8.00. The Labute approximate surface area is 174 Å². The van der Waals surface area contributed by atoms with Crippen molar-refractivity contribution in [1.29, 1.82) is 0 Å². The molecule has 0 aromatic heterocycles. The fourth-order valence-electron chi connectivity index (χ4n) is 2.30. The Morgan fingerprint density at radius 3 is 2.28 bits per heavy atom. The van der Waals surface area contributed by atoms with Gasteiger partial charge in [-0.05, 0) is 43.3 Å². The second-order valence-corrected chi connectivity index (χ2v) is 8.99. The third kappa shape index (κ3) is 6.71. The van der Waals surface area contributed by atoms with Crippen molar-refractivity contribution in [2.45, 2.75) is 37.8 Å². The van der Waals surface area contributed by atoms with Gasteiger partial charge < -0.3 is 10.6 Å². The molecule has 154 valence electrons. The molecule has 0 aliphatic carbocycles. The Hall–Kier alpha value is -2.67. The van der Waals surface area contributed by atoms with Crippen LogP contribution in [0.5, 0.6) is 0 Å². The molecule has 1 unspecified atom stereocenters. The van der Waals surface area contributed by atoms with Crippen LogP contribution in [0, 0.1) is 11.2 Å². The molecule has 0 spiro atoms. The lowest BCUT2D eigenvalue weighted by molar-refractivity contribution is -0.125. The quantitative estimate of drug-likeness (QED) is 0.661. The Bertz CT molecular complexity index is 892. The molecule has 2 amide bonds. The van der Waals surface area contributed by atoms with Crippen LogP contribution in [-0.4, -0.2) is 29.4 Å². The molecule has 0 aliphatic heterocycles. The highest BCUT2D eigenvalue weighted by Gasteiger charge is 2.23. The van der Waals surface area contributed by atoms with E-state index >= 15 is 0 Å². The van der Waals surface area contributed by atoms with E-state index in [0.29, 0.717) is 16.1 Å². The number of hydrogen-bond donors (Lipinski definition) is 2. The maximum absolute atomic E-state index is 13.0. The number of Topliss-reactive ketones (excluding diaryl/α,β-unsaturated/α-hetero) is 1. The number of thioether (sulfide) groups is 1. The highest BCUT2D eigenvalue weighted by Crippen LogP contribution is 2.28. The molecular formula is C22H25FN2O3S. The second-order valence-electron chi connectivity index (χ2n) is 7.61. The predicted molar refractivity (Wildman–Crippen MR) is 114 cm³/mol. The molecule has 2 aromatic rings. The van der Waals surface area contributed by atoms with E-state index < -0.39 is 10.7 Å². The van der Waals surface area contributed by atoms with Crippen molar-refractivity contribution in [3.8, 4) is 0 Å². The maximum atomic E-state index is 13.0. The molecule has 0 bridgehead atoms. The van der Waals surface area contributed by atoms with Gasteiger partial charge in [0.2, 0.25) is 5.91 Å². The van der Waals surface area contributed by atoms with Crippen molar-refractivity contribution >= 4 is 35.0 Å². The van der Waals surface area contributed by atoms with Crippen LogP contribution in [0.2, 0.25) is 0 Å². The van der Waals surface area contributed by atoms with Crippen LogP contribution in [-0.2, 0) is 9.59 Å². The minimum Gasteiger partial charge on any atom is -0.345 e. The van der Waals surface area contributed by atoms with Gasteiger partial charge in [-0.2, -0.15) is 0 Å². The van der Waals surface area contributed by atoms with Gasteiger partial charge in [0.15, 0.2) is 5.78 Å². The van der Waals surface area contributed by atoms with Crippen molar-refractivity contribution < 1.29 is 18.8 Å². The standard InChI is InChI=1S/C22H25FN2O3S/c1-14(20(27)25-16-11-9-15(23)10-12-16)29-18-8-6-5-7-17(18)21(28)24-13-19(26)22(2,3)4/h5-12,14H,13H2,1-4H3,(H,24,28)(H,25,27). The molecule has 0 fully saturated rings. The van der Waals surface area contributed by atoms with Crippen LogP contribution in [0.4, 0.5) is 10.1 Å². The van der Waals surface area contributed by atoms with Crippen molar-refractivity contribution in [2.24, 2.45) is 5.41 Å². The van der Waals surface area contributed by atoms with Gasteiger partial charge >= 0.3 is 0 Å². The Morgan fingerprint density at radius 2 is 1.66 bits per heavy atom. The van der Waals surface area contributed by atoms with Gasteiger partial charge in [-0.1, -0.05) is 32.9 Å².